The van der Waals surface area contributed by atoms with Gasteiger partial charge in [0.05, 0.1) is 6.07 Å². The molecule has 0 aliphatic rings. The van der Waals surface area contributed by atoms with Gasteiger partial charge >= 0.3 is 0 Å². The average molecular weight is 238 g/mol. The Morgan fingerprint density at radius 2 is 2.38 bits per heavy atom. The van der Waals surface area contributed by atoms with Crippen molar-refractivity contribution in [3.8, 4) is 6.07 Å². The molecule has 0 aliphatic carbocycles. The topological polar surface area (TPSA) is 65.9 Å². The van der Waals surface area contributed by atoms with Crippen molar-refractivity contribution >= 4 is 16.5 Å². The minimum Gasteiger partial charge on any atom is -0.375 e. The fourth-order valence-corrected chi connectivity index (χ4v) is 2.30. The van der Waals surface area contributed by atoms with E-state index in [1.54, 1.807) is 0 Å². The highest BCUT2D eigenvalue weighted by Gasteiger charge is 2.09. The van der Waals surface area contributed by atoms with Gasteiger partial charge in [-0.05, 0) is 5.92 Å². The van der Waals surface area contributed by atoms with Crippen LogP contribution in [0.1, 0.15) is 25.1 Å². The van der Waals surface area contributed by atoms with E-state index in [2.05, 4.69) is 29.8 Å². The molecular weight excluding hydrogens is 220 g/mol. The molecule has 16 heavy (non-hydrogen) atoms. The third kappa shape index (κ3) is 4.60. The summed E-state index contributed by atoms with van der Waals surface area (Å²) in [5.41, 5.74) is 5.59. The van der Waals surface area contributed by atoms with Crippen LogP contribution in [0.3, 0.4) is 0 Å². The maximum absolute atomic E-state index is 8.61. The Kier molecular flexibility index (Phi) is 5.23. The largest absolute Gasteiger partial charge is 0.375 e. The van der Waals surface area contributed by atoms with Gasteiger partial charge in [-0.1, -0.05) is 13.8 Å². The van der Waals surface area contributed by atoms with Crippen LogP contribution in [0.2, 0.25) is 0 Å². The molecule has 0 spiro atoms. The second-order valence-corrected chi connectivity index (χ2v) is 5.35. The number of nitrogens with zero attached hydrogens (tertiary/aromatic N) is 3. The number of anilines is 1. The first-order valence-electron chi connectivity index (χ1n) is 5.41. The zero-order valence-corrected chi connectivity index (χ0v) is 10.6. The molecule has 0 unspecified atom stereocenters. The standard InChI is InChI=1S/C11H18N4S/c1-9(2)7-15(5-3-4-12)8-10-6-14-11(13)16-10/h6,9H,3,5,7-8H2,1-2H3,(H2,13,14). The second-order valence-electron chi connectivity index (χ2n) is 4.20. The quantitative estimate of drug-likeness (QED) is 0.824. The Labute approximate surface area is 101 Å². The Balaban J connectivity index is 2.52. The van der Waals surface area contributed by atoms with Crippen molar-refractivity contribution in [2.24, 2.45) is 5.92 Å². The minimum absolute atomic E-state index is 0.570. The summed E-state index contributed by atoms with van der Waals surface area (Å²) in [5, 5.41) is 9.22. The van der Waals surface area contributed by atoms with Gasteiger partial charge in [0.25, 0.3) is 0 Å². The third-order valence-electron chi connectivity index (χ3n) is 2.11. The molecule has 0 aromatic carbocycles. The van der Waals surface area contributed by atoms with Crippen LogP contribution in [-0.4, -0.2) is 23.0 Å². The molecule has 1 aromatic rings. The van der Waals surface area contributed by atoms with E-state index < -0.39 is 0 Å². The molecule has 2 N–H and O–H groups in total. The van der Waals surface area contributed by atoms with Gasteiger partial charge in [0, 0.05) is 37.1 Å². The Morgan fingerprint density at radius 1 is 1.62 bits per heavy atom. The summed E-state index contributed by atoms with van der Waals surface area (Å²) in [6, 6.07) is 2.18. The zero-order valence-electron chi connectivity index (χ0n) is 9.81. The molecule has 0 atom stereocenters. The summed E-state index contributed by atoms with van der Waals surface area (Å²) in [4.78, 5) is 7.48. The zero-order chi connectivity index (χ0) is 12.0. The van der Waals surface area contributed by atoms with Crippen LogP contribution in [-0.2, 0) is 6.54 Å². The van der Waals surface area contributed by atoms with Gasteiger partial charge < -0.3 is 5.73 Å². The summed E-state index contributed by atoms with van der Waals surface area (Å²) in [7, 11) is 0. The van der Waals surface area contributed by atoms with Gasteiger partial charge in [0.2, 0.25) is 0 Å². The number of hydrogen-bond acceptors (Lipinski definition) is 5. The van der Waals surface area contributed by atoms with Crippen molar-refractivity contribution < 1.29 is 0 Å². The van der Waals surface area contributed by atoms with Crippen molar-refractivity contribution in [2.75, 3.05) is 18.8 Å². The van der Waals surface area contributed by atoms with Crippen molar-refractivity contribution in [1.82, 2.24) is 9.88 Å². The molecular formula is C11H18N4S. The molecule has 0 amide bonds. The van der Waals surface area contributed by atoms with Gasteiger partial charge in [-0.3, -0.25) is 4.90 Å². The molecule has 5 heteroatoms. The normalized spacial score (nSPS) is 10.9. The molecule has 88 valence electrons. The highest BCUT2D eigenvalue weighted by atomic mass is 32.1. The lowest BCUT2D eigenvalue weighted by atomic mass is 10.2. The maximum Gasteiger partial charge on any atom is 0.180 e. The number of rotatable bonds is 6. The van der Waals surface area contributed by atoms with E-state index in [0.29, 0.717) is 17.5 Å². The molecule has 1 rings (SSSR count). The van der Waals surface area contributed by atoms with E-state index in [1.807, 2.05) is 6.20 Å². The van der Waals surface area contributed by atoms with Crippen molar-refractivity contribution in [3.05, 3.63) is 11.1 Å². The number of nitrogens with two attached hydrogens (primary N) is 1. The predicted molar refractivity (Wildman–Crippen MR) is 66.9 cm³/mol. The monoisotopic (exact) mass is 238 g/mol. The fraction of sp³-hybridized carbons (Fsp3) is 0.636. The predicted octanol–water partition coefficient (Wildman–Crippen LogP) is 2.10. The lowest BCUT2D eigenvalue weighted by molar-refractivity contribution is 0.243. The van der Waals surface area contributed by atoms with Crippen LogP contribution >= 0.6 is 11.3 Å². The summed E-state index contributed by atoms with van der Waals surface area (Å²) >= 11 is 1.52. The van der Waals surface area contributed by atoms with Gasteiger partial charge in [0.15, 0.2) is 5.13 Å². The number of hydrogen-bond donors (Lipinski definition) is 1. The second kappa shape index (κ2) is 6.46. The smallest absolute Gasteiger partial charge is 0.180 e. The molecule has 1 aromatic heterocycles. The van der Waals surface area contributed by atoms with Gasteiger partial charge in [-0.2, -0.15) is 5.26 Å². The first kappa shape index (κ1) is 12.9. The van der Waals surface area contributed by atoms with Crippen molar-refractivity contribution in [1.29, 1.82) is 5.26 Å². The van der Waals surface area contributed by atoms with Crippen LogP contribution < -0.4 is 5.73 Å². The van der Waals surface area contributed by atoms with E-state index in [4.69, 9.17) is 11.0 Å². The number of nitrogen functional groups attached to an aromatic ring is 1. The fourth-order valence-electron chi connectivity index (χ4n) is 1.58. The molecule has 0 saturated heterocycles. The number of thiazole rings is 1. The summed E-state index contributed by atoms with van der Waals surface area (Å²) < 4.78 is 0. The average Bonchev–Trinajstić information content (AvgIpc) is 2.59. The van der Waals surface area contributed by atoms with E-state index in [9.17, 15) is 0 Å². The highest BCUT2D eigenvalue weighted by Crippen LogP contribution is 2.17. The Morgan fingerprint density at radius 3 is 2.88 bits per heavy atom. The summed E-state index contributed by atoms with van der Waals surface area (Å²) in [5.74, 6) is 0.601. The maximum atomic E-state index is 8.61. The SMILES string of the molecule is CC(C)CN(CCC#N)Cc1cnc(N)s1. The molecule has 0 saturated carbocycles. The van der Waals surface area contributed by atoms with Crippen LogP contribution in [0.4, 0.5) is 5.13 Å². The van der Waals surface area contributed by atoms with Crippen LogP contribution in [0.15, 0.2) is 6.20 Å². The van der Waals surface area contributed by atoms with Gasteiger partial charge in [-0.15, -0.1) is 11.3 Å². The van der Waals surface area contributed by atoms with Crippen molar-refractivity contribution in [3.63, 3.8) is 0 Å². The molecule has 0 bridgehead atoms. The number of aromatic nitrogens is 1. The van der Waals surface area contributed by atoms with Crippen LogP contribution in [0.5, 0.6) is 0 Å². The lowest BCUT2D eigenvalue weighted by Crippen LogP contribution is -2.27. The highest BCUT2D eigenvalue weighted by molar-refractivity contribution is 7.15. The van der Waals surface area contributed by atoms with Crippen molar-refractivity contribution in [2.45, 2.75) is 26.8 Å². The molecule has 1 heterocycles. The van der Waals surface area contributed by atoms with E-state index >= 15 is 0 Å². The first-order chi connectivity index (χ1) is 7.61. The van der Waals surface area contributed by atoms with Crippen LogP contribution in [0, 0.1) is 17.2 Å². The lowest BCUT2D eigenvalue weighted by Gasteiger charge is -2.22. The Bertz CT molecular complexity index is 353. The van der Waals surface area contributed by atoms with E-state index in [0.717, 1.165) is 24.5 Å². The molecule has 4 nitrogen and oxygen atoms in total. The van der Waals surface area contributed by atoms with E-state index in [1.165, 1.54) is 11.3 Å². The third-order valence-corrected chi connectivity index (χ3v) is 2.93. The molecule has 0 aliphatic heterocycles. The van der Waals surface area contributed by atoms with Crippen LogP contribution in [0.25, 0.3) is 0 Å². The summed E-state index contributed by atoms with van der Waals surface area (Å²) in [6.07, 6.45) is 2.39. The van der Waals surface area contributed by atoms with Gasteiger partial charge in [-0.25, -0.2) is 4.98 Å². The van der Waals surface area contributed by atoms with E-state index in [-0.39, 0.29) is 0 Å². The summed E-state index contributed by atoms with van der Waals surface area (Å²) in [6.45, 7) is 7.02. The first-order valence-corrected chi connectivity index (χ1v) is 6.23. The minimum atomic E-state index is 0.570. The Hall–Kier alpha value is -1.12. The molecule has 0 fully saturated rings. The van der Waals surface area contributed by atoms with Gasteiger partial charge in [0.1, 0.15) is 0 Å². The molecule has 0 radical (unpaired) electrons. The number of nitriles is 1.